The molecule has 20 heavy (non-hydrogen) atoms. The van der Waals surface area contributed by atoms with E-state index in [1.807, 2.05) is 0 Å². The van der Waals surface area contributed by atoms with Gasteiger partial charge in [-0.25, -0.2) is 12.8 Å². The second-order valence-corrected chi connectivity index (χ2v) is 6.30. The van der Waals surface area contributed by atoms with E-state index in [-0.39, 0.29) is 18.7 Å². The van der Waals surface area contributed by atoms with Crippen LogP contribution in [0.1, 0.15) is 11.1 Å². The van der Waals surface area contributed by atoms with Crippen LogP contribution in [0, 0.1) is 17.7 Å². The average molecular weight is 298 g/mol. The predicted octanol–water partition coefficient (Wildman–Crippen LogP) is -0.203. The number of hydrogen-bond acceptors (Lipinski definition) is 4. The van der Waals surface area contributed by atoms with Gasteiger partial charge in [-0.2, -0.15) is 0 Å². The summed E-state index contributed by atoms with van der Waals surface area (Å²) in [6.07, 6.45) is 0.955. The molecule has 1 aromatic carbocycles. The predicted molar refractivity (Wildman–Crippen MR) is 73.9 cm³/mol. The van der Waals surface area contributed by atoms with Gasteiger partial charge in [-0.1, -0.05) is 11.8 Å². The normalized spacial score (nSPS) is 10.6. The van der Waals surface area contributed by atoms with Crippen molar-refractivity contribution in [2.24, 2.45) is 5.73 Å². The molecule has 0 aliphatic heterocycles. The number of sulfone groups is 1. The van der Waals surface area contributed by atoms with E-state index in [9.17, 15) is 17.6 Å². The topological polar surface area (TPSA) is 89.3 Å². The Labute approximate surface area is 117 Å². The smallest absolute Gasteiger partial charge is 0.235 e. The Bertz CT molecular complexity index is 660. The minimum atomic E-state index is -3.40. The molecule has 1 rings (SSSR count). The molecule has 1 amide bonds. The molecule has 7 heteroatoms. The maximum absolute atomic E-state index is 13.5. The Hall–Kier alpha value is -1.91. The highest BCUT2D eigenvalue weighted by Crippen LogP contribution is 2.09. The zero-order valence-electron chi connectivity index (χ0n) is 10.9. The quantitative estimate of drug-likeness (QED) is 0.753. The van der Waals surface area contributed by atoms with Crippen LogP contribution in [0.4, 0.5) is 4.39 Å². The van der Waals surface area contributed by atoms with Gasteiger partial charge in [0, 0.05) is 23.9 Å². The number of rotatable bonds is 4. The highest BCUT2D eigenvalue weighted by Gasteiger charge is 2.11. The van der Waals surface area contributed by atoms with Crippen molar-refractivity contribution in [2.75, 3.05) is 18.6 Å². The number of nitrogens with one attached hydrogen (secondary N) is 1. The summed E-state index contributed by atoms with van der Waals surface area (Å²) >= 11 is 0. The van der Waals surface area contributed by atoms with Crippen molar-refractivity contribution >= 4 is 15.7 Å². The number of amides is 1. The molecule has 5 nitrogen and oxygen atoms in total. The minimum Gasteiger partial charge on any atom is -0.351 e. The molecule has 0 unspecified atom stereocenters. The van der Waals surface area contributed by atoms with Crippen molar-refractivity contribution in [1.29, 1.82) is 0 Å². The summed E-state index contributed by atoms with van der Waals surface area (Å²) in [4.78, 5) is 11.3. The molecule has 0 fully saturated rings. The fraction of sp³-hybridized carbons (Fsp3) is 0.308. The zero-order valence-corrected chi connectivity index (χ0v) is 11.8. The summed E-state index contributed by atoms with van der Waals surface area (Å²) in [6, 6.07) is 4.22. The molecular formula is C13H15FN2O3S. The summed E-state index contributed by atoms with van der Waals surface area (Å²) in [5, 5.41) is 2.35. The lowest BCUT2D eigenvalue weighted by molar-refractivity contribution is -0.118. The molecule has 1 aromatic rings. The van der Waals surface area contributed by atoms with E-state index >= 15 is 0 Å². The molecule has 0 aromatic heterocycles. The summed E-state index contributed by atoms with van der Waals surface area (Å²) in [5.41, 5.74) is 6.05. The third-order valence-electron chi connectivity index (χ3n) is 2.25. The van der Waals surface area contributed by atoms with Crippen LogP contribution in [0.3, 0.4) is 0 Å². The second-order valence-electron chi connectivity index (χ2n) is 4.16. The number of hydrogen-bond donors (Lipinski definition) is 2. The summed E-state index contributed by atoms with van der Waals surface area (Å²) in [6.45, 7) is 0.0934. The average Bonchev–Trinajstić information content (AvgIpc) is 2.34. The Kier molecular flexibility index (Phi) is 5.67. The first kappa shape index (κ1) is 16.1. The van der Waals surface area contributed by atoms with Gasteiger partial charge in [0.15, 0.2) is 9.84 Å². The number of halogens is 1. The van der Waals surface area contributed by atoms with Crippen molar-refractivity contribution < 1.29 is 17.6 Å². The van der Waals surface area contributed by atoms with Gasteiger partial charge in [0.2, 0.25) is 5.91 Å². The molecule has 0 aliphatic carbocycles. The van der Waals surface area contributed by atoms with E-state index in [0.29, 0.717) is 5.56 Å². The highest BCUT2D eigenvalue weighted by molar-refractivity contribution is 7.91. The molecule has 0 aliphatic rings. The van der Waals surface area contributed by atoms with Crippen LogP contribution in [0.15, 0.2) is 18.2 Å². The molecule has 0 saturated heterocycles. The van der Waals surface area contributed by atoms with E-state index in [1.54, 1.807) is 0 Å². The highest BCUT2D eigenvalue weighted by atomic mass is 32.2. The van der Waals surface area contributed by atoms with Crippen molar-refractivity contribution in [1.82, 2.24) is 5.32 Å². The number of carbonyl (C=O) groups excluding carboxylic acids is 1. The molecule has 0 heterocycles. The first-order chi connectivity index (χ1) is 9.31. The van der Waals surface area contributed by atoms with Crippen LogP contribution < -0.4 is 11.1 Å². The maximum atomic E-state index is 13.5. The lowest BCUT2D eigenvalue weighted by atomic mass is 10.1. The fourth-order valence-electron chi connectivity index (χ4n) is 1.42. The molecule has 0 atom stereocenters. The number of benzene rings is 1. The number of nitrogens with two attached hydrogens (primary N) is 1. The summed E-state index contributed by atoms with van der Waals surface area (Å²) in [7, 11) is -3.40. The largest absolute Gasteiger partial charge is 0.351 e. The van der Waals surface area contributed by atoms with Crippen LogP contribution in [-0.2, 0) is 21.2 Å². The monoisotopic (exact) mass is 298 g/mol. The Morgan fingerprint density at radius 2 is 2.15 bits per heavy atom. The van der Waals surface area contributed by atoms with E-state index in [1.165, 1.54) is 18.2 Å². The Morgan fingerprint density at radius 3 is 2.75 bits per heavy atom. The number of carbonyl (C=O) groups is 1. The maximum Gasteiger partial charge on any atom is 0.235 e. The molecule has 108 valence electrons. The van der Waals surface area contributed by atoms with Gasteiger partial charge in [-0.15, -0.1) is 0 Å². The van der Waals surface area contributed by atoms with Crippen molar-refractivity contribution in [3.05, 3.63) is 35.1 Å². The van der Waals surface area contributed by atoms with Crippen LogP contribution in [0.25, 0.3) is 0 Å². The van der Waals surface area contributed by atoms with E-state index < -0.39 is 27.3 Å². The van der Waals surface area contributed by atoms with Gasteiger partial charge in [-0.05, 0) is 18.2 Å². The van der Waals surface area contributed by atoms with E-state index in [2.05, 4.69) is 17.2 Å². The SMILES string of the molecule is CS(=O)(=O)CC(=O)NCc1cc(C#CCN)ccc1F. The molecular weight excluding hydrogens is 283 g/mol. The Morgan fingerprint density at radius 1 is 1.45 bits per heavy atom. The lowest BCUT2D eigenvalue weighted by Gasteiger charge is -2.06. The van der Waals surface area contributed by atoms with Gasteiger partial charge in [-0.3, -0.25) is 4.79 Å². The summed E-state index contributed by atoms with van der Waals surface area (Å²) < 4.78 is 35.4. The third kappa shape index (κ3) is 5.82. The van der Waals surface area contributed by atoms with E-state index in [0.717, 1.165) is 6.26 Å². The molecule has 0 bridgehead atoms. The van der Waals surface area contributed by atoms with Gasteiger partial charge in [0.1, 0.15) is 11.6 Å². The zero-order chi connectivity index (χ0) is 15.2. The van der Waals surface area contributed by atoms with Crippen LogP contribution in [0.5, 0.6) is 0 Å². The molecule has 3 N–H and O–H groups in total. The fourth-order valence-corrected chi connectivity index (χ4v) is 2.00. The molecule has 0 spiro atoms. The first-order valence-corrected chi connectivity index (χ1v) is 7.79. The van der Waals surface area contributed by atoms with E-state index in [4.69, 9.17) is 5.73 Å². The van der Waals surface area contributed by atoms with Crippen LogP contribution in [-0.4, -0.2) is 32.9 Å². The van der Waals surface area contributed by atoms with Crippen molar-refractivity contribution in [3.8, 4) is 11.8 Å². The standard InChI is InChI=1S/C13H15FN2O3S/c1-20(18,19)9-13(17)16-8-11-7-10(3-2-6-15)4-5-12(11)14/h4-5,7H,6,8-9,15H2,1H3,(H,16,17). The molecule has 0 radical (unpaired) electrons. The van der Waals surface area contributed by atoms with Gasteiger partial charge in [0.05, 0.1) is 6.54 Å². The van der Waals surface area contributed by atoms with Crippen LogP contribution >= 0.6 is 0 Å². The second kappa shape index (κ2) is 7.03. The van der Waals surface area contributed by atoms with Gasteiger partial charge in [0.25, 0.3) is 0 Å². The van der Waals surface area contributed by atoms with Gasteiger partial charge < -0.3 is 11.1 Å². The van der Waals surface area contributed by atoms with Crippen molar-refractivity contribution in [3.63, 3.8) is 0 Å². The van der Waals surface area contributed by atoms with Crippen LogP contribution in [0.2, 0.25) is 0 Å². The third-order valence-corrected chi connectivity index (χ3v) is 3.04. The van der Waals surface area contributed by atoms with Crippen molar-refractivity contribution in [2.45, 2.75) is 6.54 Å². The lowest BCUT2D eigenvalue weighted by Crippen LogP contribution is -2.29. The Balaban J connectivity index is 2.74. The minimum absolute atomic E-state index is 0.0989. The van der Waals surface area contributed by atoms with Gasteiger partial charge >= 0.3 is 0 Å². The molecule has 0 saturated carbocycles. The summed E-state index contributed by atoms with van der Waals surface area (Å²) in [5.74, 6) is 3.59. The first-order valence-electron chi connectivity index (χ1n) is 5.73.